The van der Waals surface area contributed by atoms with Gasteiger partial charge in [-0.2, -0.15) is 0 Å². The minimum Gasteiger partial charge on any atom is -0.295 e. The van der Waals surface area contributed by atoms with Crippen molar-refractivity contribution >= 4 is 13.9 Å². The van der Waals surface area contributed by atoms with Crippen LogP contribution in [-0.2, 0) is 4.79 Å². The molecule has 1 nitrogen and oxygen atoms in total. The van der Waals surface area contributed by atoms with Gasteiger partial charge in [-0.25, -0.2) is 0 Å². The van der Waals surface area contributed by atoms with Crippen LogP contribution in [0.5, 0.6) is 0 Å². The molecule has 0 aromatic carbocycles. The Bertz CT molecular complexity index is 344. The Labute approximate surface area is 107 Å². The molecule has 1 atom stereocenters. The summed E-state index contributed by atoms with van der Waals surface area (Å²) in [4.78, 5) is 11.4. The van der Waals surface area contributed by atoms with Crippen LogP contribution in [0.15, 0.2) is 22.9 Å². The molecule has 0 aromatic heterocycles. The third-order valence-electron chi connectivity index (χ3n) is 3.91. The van der Waals surface area contributed by atoms with Gasteiger partial charge in [-0.05, 0) is 38.2 Å². The highest BCUT2D eigenvalue weighted by Crippen LogP contribution is 2.29. The van der Waals surface area contributed by atoms with Crippen LogP contribution >= 0.6 is 0 Å². The van der Waals surface area contributed by atoms with E-state index in [4.69, 9.17) is 0 Å². The maximum atomic E-state index is 11.4. The second kappa shape index (κ2) is 5.81. The highest BCUT2D eigenvalue weighted by molar-refractivity contribution is 6.82. The molecule has 0 heterocycles. The van der Waals surface area contributed by atoms with E-state index in [0.717, 1.165) is 25.7 Å². The van der Waals surface area contributed by atoms with E-state index in [1.807, 2.05) is 6.08 Å². The first kappa shape index (κ1) is 14.4. The Morgan fingerprint density at radius 3 is 2.65 bits per heavy atom. The van der Waals surface area contributed by atoms with Crippen LogP contribution in [0.25, 0.3) is 0 Å². The number of hydrogen-bond donors (Lipinski definition) is 0. The Morgan fingerprint density at radius 2 is 2.12 bits per heavy atom. The van der Waals surface area contributed by atoms with Gasteiger partial charge in [0.05, 0.1) is 8.07 Å². The summed E-state index contributed by atoms with van der Waals surface area (Å²) in [5, 5.41) is 1.59. The van der Waals surface area contributed by atoms with Crippen LogP contribution in [0.1, 0.15) is 39.5 Å². The zero-order valence-electron chi connectivity index (χ0n) is 12.0. The molecule has 0 bridgehead atoms. The molecule has 0 aromatic rings. The molecule has 1 aliphatic carbocycles. The van der Waals surface area contributed by atoms with Gasteiger partial charge in [0.1, 0.15) is 0 Å². The molecule has 1 rings (SSSR count). The maximum absolute atomic E-state index is 11.4. The van der Waals surface area contributed by atoms with Gasteiger partial charge in [0.15, 0.2) is 5.78 Å². The lowest BCUT2D eigenvalue weighted by Crippen LogP contribution is -2.22. The summed E-state index contributed by atoms with van der Waals surface area (Å²) < 4.78 is 0. The fourth-order valence-electron chi connectivity index (χ4n) is 2.18. The molecule has 0 fully saturated rings. The van der Waals surface area contributed by atoms with Gasteiger partial charge in [-0.3, -0.25) is 4.79 Å². The number of carbonyl (C=O) groups excluding carboxylic acids is 1. The van der Waals surface area contributed by atoms with Crippen LogP contribution in [0.4, 0.5) is 0 Å². The molecule has 96 valence electrons. The first-order chi connectivity index (χ1) is 7.84. The fourth-order valence-corrected chi connectivity index (χ4v) is 2.91. The second-order valence-electron chi connectivity index (χ2n) is 6.15. The van der Waals surface area contributed by atoms with Crippen molar-refractivity contribution in [1.29, 1.82) is 0 Å². The number of allylic oxidation sites excluding steroid dienone is 4. The molecule has 0 saturated carbocycles. The molecular weight excluding hydrogens is 224 g/mol. The zero-order valence-corrected chi connectivity index (χ0v) is 13.0. The fraction of sp³-hybridized carbons (Fsp3) is 0.667. The van der Waals surface area contributed by atoms with Gasteiger partial charge in [0.25, 0.3) is 0 Å². The highest BCUT2D eigenvalue weighted by Gasteiger charge is 2.20. The Morgan fingerprint density at radius 1 is 1.47 bits per heavy atom. The molecular formula is C15H26OSi. The SMILES string of the molecule is CCC1=CC(=O)CCC1C/C=C(/C)[Si](C)(C)C. The Kier molecular flexibility index (Phi) is 4.93. The van der Waals surface area contributed by atoms with Crippen LogP contribution < -0.4 is 0 Å². The number of carbonyl (C=O) groups is 1. The van der Waals surface area contributed by atoms with Gasteiger partial charge >= 0.3 is 0 Å². The normalized spacial score (nSPS) is 22.6. The monoisotopic (exact) mass is 250 g/mol. The summed E-state index contributed by atoms with van der Waals surface area (Å²) in [5.74, 6) is 0.938. The quantitative estimate of drug-likeness (QED) is 0.671. The summed E-state index contributed by atoms with van der Waals surface area (Å²) in [6.07, 6.45) is 8.27. The average Bonchev–Trinajstić information content (AvgIpc) is 2.25. The van der Waals surface area contributed by atoms with Gasteiger partial charge in [-0.1, -0.05) is 43.4 Å². The van der Waals surface area contributed by atoms with Crippen LogP contribution in [0.3, 0.4) is 0 Å². The third-order valence-corrected chi connectivity index (χ3v) is 6.48. The van der Waals surface area contributed by atoms with E-state index in [-0.39, 0.29) is 0 Å². The molecule has 0 spiro atoms. The van der Waals surface area contributed by atoms with Crippen LogP contribution in [0.2, 0.25) is 19.6 Å². The summed E-state index contributed by atoms with van der Waals surface area (Å²) in [6.45, 7) is 11.6. The molecule has 17 heavy (non-hydrogen) atoms. The maximum Gasteiger partial charge on any atom is 0.155 e. The minimum absolute atomic E-state index is 0.323. The van der Waals surface area contributed by atoms with Crippen molar-refractivity contribution in [2.75, 3.05) is 0 Å². The zero-order chi connectivity index (χ0) is 13.1. The molecule has 0 amide bonds. The average molecular weight is 250 g/mol. The lowest BCUT2D eigenvalue weighted by atomic mass is 9.83. The smallest absolute Gasteiger partial charge is 0.155 e. The highest BCUT2D eigenvalue weighted by atomic mass is 28.3. The molecule has 0 saturated heterocycles. The Hall–Kier alpha value is -0.633. The molecule has 2 heteroatoms. The van der Waals surface area contributed by atoms with E-state index in [1.165, 1.54) is 5.57 Å². The van der Waals surface area contributed by atoms with Crippen molar-refractivity contribution in [3.63, 3.8) is 0 Å². The lowest BCUT2D eigenvalue weighted by molar-refractivity contribution is -0.115. The van der Waals surface area contributed by atoms with Crippen molar-refractivity contribution in [3.05, 3.63) is 22.9 Å². The molecule has 0 radical (unpaired) electrons. The summed E-state index contributed by atoms with van der Waals surface area (Å²) in [7, 11) is -1.12. The second-order valence-corrected chi connectivity index (χ2v) is 11.4. The predicted octanol–water partition coefficient (Wildman–Crippen LogP) is 4.52. The largest absolute Gasteiger partial charge is 0.295 e. The summed E-state index contributed by atoms with van der Waals surface area (Å²) >= 11 is 0. The van der Waals surface area contributed by atoms with Gasteiger partial charge in [-0.15, -0.1) is 0 Å². The van der Waals surface area contributed by atoms with Gasteiger partial charge in [0.2, 0.25) is 0 Å². The van der Waals surface area contributed by atoms with E-state index < -0.39 is 8.07 Å². The summed E-state index contributed by atoms with van der Waals surface area (Å²) in [6, 6.07) is 0. The molecule has 1 aliphatic rings. The first-order valence-electron chi connectivity index (χ1n) is 6.75. The summed E-state index contributed by atoms with van der Waals surface area (Å²) in [5.41, 5.74) is 1.36. The Balaban J connectivity index is 2.70. The van der Waals surface area contributed by atoms with E-state index in [1.54, 1.807) is 5.20 Å². The minimum atomic E-state index is -1.12. The van der Waals surface area contributed by atoms with Crippen LogP contribution in [-0.4, -0.2) is 13.9 Å². The van der Waals surface area contributed by atoms with Crippen molar-refractivity contribution in [3.8, 4) is 0 Å². The number of ketones is 1. The standard InChI is InChI=1S/C15H26OSi/c1-6-13-11-15(16)10-9-14(13)8-7-12(2)17(3,4)5/h7,11,14H,6,8-10H2,1-5H3/b12-7-. The van der Waals surface area contributed by atoms with Crippen molar-refractivity contribution in [2.45, 2.75) is 59.2 Å². The van der Waals surface area contributed by atoms with Crippen molar-refractivity contribution in [1.82, 2.24) is 0 Å². The molecule has 0 aliphatic heterocycles. The number of hydrogen-bond acceptors (Lipinski definition) is 1. The predicted molar refractivity (Wildman–Crippen MR) is 77.8 cm³/mol. The van der Waals surface area contributed by atoms with Gasteiger partial charge < -0.3 is 0 Å². The van der Waals surface area contributed by atoms with E-state index in [9.17, 15) is 4.79 Å². The van der Waals surface area contributed by atoms with Crippen molar-refractivity contribution < 1.29 is 4.79 Å². The van der Waals surface area contributed by atoms with E-state index in [2.05, 4.69) is 39.6 Å². The number of rotatable bonds is 4. The van der Waals surface area contributed by atoms with E-state index in [0.29, 0.717) is 11.7 Å². The first-order valence-corrected chi connectivity index (χ1v) is 10.2. The third kappa shape index (κ3) is 4.27. The van der Waals surface area contributed by atoms with Crippen LogP contribution in [0, 0.1) is 5.92 Å². The van der Waals surface area contributed by atoms with Crippen molar-refractivity contribution in [2.24, 2.45) is 5.92 Å². The molecule has 1 unspecified atom stereocenters. The van der Waals surface area contributed by atoms with Gasteiger partial charge in [0, 0.05) is 6.42 Å². The topological polar surface area (TPSA) is 17.1 Å². The van der Waals surface area contributed by atoms with E-state index >= 15 is 0 Å². The lowest BCUT2D eigenvalue weighted by Gasteiger charge is -2.23. The molecule has 0 N–H and O–H groups in total.